The molecule has 1 aliphatic heterocycles. The number of nitrogens with one attached hydrogen (secondary N) is 1. The highest BCUT2D eigenvalue weighted by atomic mass is 16.3. The summed E-state index contributed by atoms with van der Waals surface area (Å²) in [5.74, 6) is 0.310. The standard InChI is InChI=1S/C18H20N2O3/c1-2-13-6-3-4-8-16(13)19-18(22)14-10-17(21)20(11-14)12-15-7-5-9-23-15/h3-9,14H,2,10-12H2,1H3,(H,19,22)/t14-/m1/s1. The molecule has 3 rings (SSSR count). The van der Waals surface area contributed by atoms with E-state index in [-0.39, 0.29) is 24.2 Å². The lowest BCUT2D eigenvalue weighted by atomic mass is 10.1. The van der Waals surface area contributed by atoms with Crippen molar-refractivity contribution in [2.24, 2.45) is 5.92 Å². The monoisotopic (exact) mass is 312 g/mol. The van der Waals surface area contributed by atoms with E-state index in [1.54, 1.807) is 17.2 Å². The highest BCUT2D eigenvalue weighted by molar-refractivity contribution is 5.97. The maximum Gasteiger partial charge on any atom is 0.229 e. The molecule has 0 radical (unpaired) electrons. The van der Waals surface area contributed by atoms with Crippen LogP contribution in [0.15, 0.2) is 47.1 Å². The number of likely N-dealkylation sites (tertiary alicyclic amines) is 1. The van der Waals surface area contributed by atoms with E-state index < -0.39 is 0 Å². The number of para-hydroxylation sites is 1. The molecule has 2 aromatic rings. The number of nitrogens with zero attached hydrogens (tertiary/aromatic N) is 1. The Morgan fingerprint density at radius 2 is 2.13 bits per heavy atom. The van der Waals surface area contributed by atoms with Crippen molar-refractivity contribution in [1.29, 1.82) is 0 Å². The summed E-state index contributed by atoms with van der Waals surface area (Å²) in [6, 6.07) is 11.4. The minimum absolute atomic E-state index is 0.00896. The third kappa shape index (κ3) is 3.44. The van der Waals surface area contributed by atoms with Gasteiger partial charge in [0.2, 0.25) is 11.8 Å². The van der Waals surface area contributed by atoms with E-state index in [2.05, 4.69) is 12.2 Å². The van der Waals surface area contributed by atoms with Gasteiger partial charge in [-0.1, -0.05) is 25.1 Å². The molecule has 2 heterocycles. The summed E-state index contributed by atoms with van der Waals surface area (Å²) < 4.78 is 5.27. The van der Waals surface area contributed by atoms with Gasteiger partial charge in [-0.2, -0.15) is 0 Å². The lowest BCUT2D eigenvalue weighted by Gasteiger charge is -2.16. The second kappa shape index (κ2) is 6.69. The second-order valence-corrected chi connectivity index (χ2v) is 5.75. The molecular formula is C18H20N2O3. The summed E-state index contributed by atoms with van der Waals surface area (Å²) in [5.41, 5.74) is 1.93. The molecule has 23 heavy (non-hydrogen) atoms. The normalized spacial score (nSPS) is 17.5. The first-order valence-corrected chi connectivity index (χ1v) is 7.86. The van der Waals surface area contributed by atoms with Crippen LogP contribution in [0.25, 0.3) is 0 Å². The number of benzene rings is 1. The third-order valence-electron chi connectivity index (χ3n) is 4.17. The Hall–Kier alpha value is -2.56. The van der Waals surface area contributed by atoms with Crippen LogP contribution in [-0.2, 0) is 22.6 Å². The predicted molar refractivity (Wildman–Crippen MR) is 86.7 cm³/mol. The first-order valence-electron chi connectivity index (χ1n) is 7.86. The zero-order valence-corrected chi connectivity index (χ0v) is 13.1. The van der Waals surface area contributed by atoms with Crippen LogP contribution in [0, 0.1) is 5.92 Å². The molecule has 1 aliphatic rings. The van der Waals surface area contributed by atoms with Gasteiger partial charge in [0.25, 0.3) is 0 Å². The number of furan rings is 1. The lowest BCUT2D eigenvalue weighted by molar-refractivity contribution is -0.128. The van der Waals surface area contributed by atoms with E-state index >= 15 is 0 Å². The number of hydrogen-bond donors (Lipinski definition) is 1. The van der Waals surface area contributed by atoms with Crippen molar-refractivity contribution in [2.45, 2.75) is 26.3 Å². The molecule has 1 atom stereocenters. The van der Waals surface area contributed by atoms with Gasteiger partial charge in [0, 0.05) is 18.7 Å². The smallest absolute Gasteiger partial charge is 0.229 e. The molecule has 0 spiro atoms. The fourth-order valence-corrected chi connectivity index (χ4v) is 2.88. The summed E-state index contributed by atoms with van der Waals surface area (Å²) in [6.45, 7) is 2.90. The second-order valence-electron chi connectivity index (χ2n) is 5.75. The van der Waals surface area contributed by atoms with E-state index in [0.29, 0.717) is 13.1 Å². The quantitative estimate of drug-likeness (QED) is 0.923. The van der Waals surface area contributed by atoms with Crippen LogP contribution >= 0.6 is 0 Å². The minimum Gasteiger partial charge on any atom is -0.467 e. The average Bonchev–Trinajstić information content (AvgIpc) is 3.19. The number of hydrogen-bond acceptors (Lipinski definition) is 3. The summed E-state index contributed by atoms with van der Waals surface area (Å²) in [4.78, 5) is 26.2. The molecule has 2 amide bonds. The van der Waals surface area contributed by atoms with Crippen LogP contribution < -0.4 is 5.32 Å². The molecule has 1 aromatic heterocycles. The molecule has 1 fully saturated rings. The Morgan fingerprint density at radius 3 is 2.87 bits per heavy atom. The zero-order chi connectivity index (χ0) is 16.2. The molecule has 0 aliphatic carbocycles. The molecular weight excluding hydrogens is 292 g/mol. The van der Waals surface area contributed by atoms with Gasteiger partial charge in [0.15, 0.2) is 0 Å². The van der Waals surface area contributed by atoms with Gasteiger partial charge in [-0.15, -0.1) is 0 Å². The zero-order valence-electron chi connectivity index (χ0n) is 13.1. The molecule has 5 nitrogen and oxygen atoms in total. The SMILES string of the molecule is CCc1ccccc1NC(=O)[C@@H]1CC(=O)N(Cc2ccco2)C1. The highest BCUT2D eigenvalue weighted by Crippen LogP contribution is 2.23. The maximum absolute atomic E-state index is 12.5. The third-order valence-corrected chi connectivity index (χ3v) is 4.17. The molecule has 1 aromatic carbocycles. The van der Waals surface area contributed by atoms with Crippen molar-refractivity contribution in [3.8, 4) is 0 Å². The molecule has 0 saturated carbocycles. The van der Waals surface area contributed by atoms with Crippen LogP contribution in [-0.4, -0.2) is 23.3 Å². The Labute approximate surface area is 135 Å². The Kier molecular flexibility index (Phi) is 4.46. The van der Waals surface area contributed by atoms with Crippen LogP contribution in [0.2, 0.25) is 0 Å². The summed E-state index contributed by atoms with van der Waals surface area (Å²) in [7, 11) is 0. The van der Waals surface area contributed by atoms with Crippen LogP contribution in [0.4, 0.5) is 5.69 Å². The average molecular weight is 312 g/mol. The molecule has 120 valence electrons. The van der Waals surface area contributed by atoms with Gasteiger partial charge in [-0.25, -0.2) is 0 Å². The summed E-state index contributed by atoms with van der Waals surface area (Å²) >= 11 is 0. The number of rotatable bonds is 5. The molecule has 1 saturated heterocycles. The van der Waals surface area contributed by atoms with E-state index in [1.165, 1.54) is 0 Å². The molecule has 0 bridgehead atoms. The molecule has 0 unspecified atom stereocenters. The fourth-order valence-electron chi connectivity index (χ4n) is 2.88. The topological polar surface area (TPSA) is 62.6 Å². The van der Waals surface area contributed by atoms with Gasteiger partial charge in [-0.3, -0.25) is 9.59 Å². The van der Waals surface area contributed by atoms with Crippen LogP contribution in [0.5, 0.6) is 0 Å². The molecule has 1 N–H and O–H groups in total. The maximum atomic E-state index is 12.5. The van der Waals surface area contributed by atoms with E-state index in [0.717, 1.165) is 23.4 Å². The summed E-state index contributed by atoms with van der Waals surface area (Å²) in [5, 5.41) is 2.96. The van der Waals surface area contributed by atoms with E-state index in [9.17, 15) is 9.59 Å². The van der Waals surface area contributed by atoms with Crippen molar-refractivity contribution in [3.63, 3.8) is 0 Å². The number of amides is 2. The van der Waals surface area contributed by atoms with Crippen molar-refractivity contribution in [3.05, 3.63) is 54.0 Å². The first-order chi connectivity index (χ1) is 11.2. The van der Waals surface area contributed by atoms with Gasteiger partial charge >= 0.3 is 0 Å². The van der Waals surface area contributed by atoms with Gasteiger partial charge in [0.05, 0.1) is 18.7 Å². The van der Waals surface area contributed by atoms with Gasteiger partial charge in [0.1, 0.15) is 5.76 Å². The Morgan fingerprint density at radius 1 is 1.30 bits per heavy atom. The van der Waals surface area contributed by atoms with E-state index in [4.69, 9.17) is 4.42 Å². The van der Waals surface area contributed by atoms with Crippen molar-refractivity contribution >= 4 is 17.5 Å². The molecule has 5 heteroatoms. The number of carbonyl (C=O) groups is 2. The Balaban J connectivity index is 1.63. The minimum atomic E-state index is -0.317. The lowest BCUT2D eigenvalue weighted by Crippen LogP contribution is -2.28. The fraction of sp³-hybridized carbons (Fsp3) is 0.333. The van der Waals surface area contributed by atoms with Crippen LogP contribution in [0.1, 0.15) is 24.7 Å². The van der Waals surface area contributed by atoms with Crippen molar-refractivity contribution < 1.29 is 14.0 Å². The number of aryl methyl sites for hydroxylation is 1. The van der Waals surface area contributed by atoms with Gasteiger partial charge < -0.3 is 14.6 Å². The van der Waals surface area contributed by atoms with Gasteiger partial charge in [-0.05, 0) is 30.2 Å². The van der Waals surface area contributed by atoms with Crippen molar-refractivity contribution in [2.75, 3.05) is 11.9 Å². The van der Waals surface area contributed by atoms with E-state index in [1.807, 2.05) is 30.3 Å². The Bertz CT molecular complexity index is 694. The number of carbonyl (C=O) groups excluding carboxylic acids is 2. The summed E-state index contributed by atoms with van der Waals surface area (Å²) in [6.07, 6.45) is 2.69. The predicted octanol–water partition coefficient (Wildman–Crippen LogP) is 2.83. The van der Waals surface area contributed by atoms with Crippen molar-refractivity contribution in [1.82, 2.24) is 4.90 Å². The highest BCUT2D eigenvalue weighted by Gasteiger charge is 2.34. The van der Waals surface area contributed by atoms with Crippen LogP contribution in [0.3, 0.4) is 0 Å². The number of anilines is 1. The largest absolute Gasteiger partial charge is 0.467 e. The first kappa shape index (κ1) is 15.3.